The average Bonchev–Trinajstić information content (AvgIpc) is 3.28. The summed E-state index contributed by atoms with van der Waals surface area (Å²) < 4.78 is 1.49. The number of anilines is 1. The lowest BCUT2D eigenvalue weighted by atomic mass is 9.99. The van der Waals surface area contributed by atoms with Gasteiger partial charge in [0, 0.05) is 23.3 Å². The molecule has 3 heterocycles. The smallest absolute Gasteiger partial charge is 0.251 e. The Kier molecular flexibility index (Phi) is 4.90. The lowest BCUT2D eigenvalue weighted by molar-refractivity contribution is -0.121. The maximum atomic E-state index is 12.7. The minimum absolute atomic E-state index is 0.0891. The summed E-state index contributed by atoms with van der Waals surface area (Å²) in [6.07, 6.45) is 5.74. The zero-order chi connectivity index (χ0) is 16.9. The highest BCUT2D eigenvalue weighted by Gasteiger charge is 2.27. The van der Waals surface area contributed by atoms with E-state index < -0.39 is 6.04 Å². The van der Waals surface area contributed by atoms with Crippen LogP contribution in [0.1, 0.15) is 26.3 Å². The number of hydrogen-bond acceptors (Lipinski definition) is 7. The van der Waals surface area contributed by atoms with E-state index in [0.29, 0.717) is 5.13 Å². The third-order valence-electron chi connectivity index (χ3n) is 3.79. The fourth-order valence-corrected chi connectivity index (χ4v) is 3.04. The molecule has 8 nitrogen and oxygen atoms in total. The first kappa shape index (κ1) is 16.2. The van der Waals surface area contributed by atoms with Gasteiger partial charge in [-0.05, 0) is 28.5 Å². The Labute approximate surface area is 143 Å². The molecule has 0 aliphatic carbocycles. The van der Waals surface area contributed by atoms with E-state index in [0.717, 1.165) is 17.7 Å². The van der Waals surface area contributed by atoms with Crippen molar-refractivity contribution in [3.8, 4) is 11.3 Å². The van der Waals surface area contributed by atoms with Crippen molar-refractivity contribution in [3.05, 3.63) is 36.2 Å². The molecule has 0 fully saturated rings. The van der Waals surface area contributed by atoms with Crippen LogP contribution in [0.4, 0.5) is 5.13 Å². The molecule has 3 rings (SSSR count). The summed E-state index contributed by atoms with van der Waals surface area (Å²) >= 11 is 1.37. The highest BCUT2D eigenvalue weighted by Crippen LogP contribution is 2.26. The summed E-state index contributed by atoms with van der Waals surface area (Å²) in [5.41, 5.74) is 1.69. The molecule has 2 unspecified atom stereocenters. The topological polar surface area (TPSA) is 98.5 Å². The van der Waals surface area contributed by atoms with Crippen LogP contribution in [0.15, 0.2) is 36.2 Å². The van der Waals surface area contributed by atoms with Crippen LogP contribution in [0, 0.1) is 5.92 Å². The van der Waals surface area contributed by atoms with Gasteiger partial charge in [0.05, 0.1) is 5.69 Å². The zero-order valence-corrected chi connectivity index (χ0v) is 14.1. The summed E-state index contributed by atoms with van der Waals surface area (Å²) in [6.45, 7) is 4.02. The van der Waals surface area contributed by atoms with E-state index in [1.165, 1.54) is 22.3 Å². The van der Waals surface area contributed by atoms with Crippen molar-refractivity contribution in [2.45, 2.75) is 26.3 Å². The first-order valence-corrected chi connectivity index (χ1v) is 8.46. The molecule has 0 aliphatic rings. The minimum Gasteiger partial charge on any atom is -0.300 e. The lowest BCUT2D eigenvalue weighted by Crippen LogP contribution is -2.31. The maximum Gasteiger partial charge on any atom is 0.251 e. The Morgan fingerprint density at radius 3 is 3.00 bits per heavy atom. The number of carbonyl (C=O) groups is 1. The maximum absolute atomic E-state index is 12.7. The van der Waals surface area contributed by atoms with Crippen LogP contribution < -0.4 is 5.32 Å². The fourth-order valence-electron chi connectivity index (χ4n) is 2.32. The van der Waals surface area contributed by atoms with Crippen LogP contribution in [0.25, 0.3) is 11.3 Å². The van der Waals surface area contributed by atoms with Crippen LogP contribution in [0.5, 0.6) is 0 Å². The third-order valence-corrected chi connectivity index (χ3v) is 4.55. The molecule has 0 radical (unpaired) electrons. The molecule has 1 N–H and O–H groups in total. The molecule has 0 aromatic carbocycles. The molecule has 24 heavy (non-hydrogen) atoms. The summed E-state index contributed by atoms with van der Waals surface area (Å²) in [5, 5.41) is 16.4. The highest BCUT2D eigenvalue weighted by molar-refractivity contribution is 7.14. The van der Waals surface area contributed by atoms with E-state index in [1.54, 1.807) is 12.4 Å². The predicted octanol–water partition coefficient (Wildman–Crippen LogP) is 2.42. The first-order chi connectivity index (χ1) is 11.7. The second-order valence-corrected chi connectivity index (χ2v) is 6.25. The van der Waals surface area contributed by atoms with Gasteiger partial charge in [0.25, 0.3) is 5.91 Å². The molecule has 0 bridgehead atoms. The average molecular weight is 343 g/mol. The van der Waals surface area contributed by atoms with E-state index in [2.05, 4.69) is 30.8 Å². The number of carbonyl (C=O) groups excluding carboxylic acids is 1. The SMILES string of the molecule is CCC(C)C(C(=O)Nc1nc(-c2cccnc2)cs1)n1cnnn1. The van der Waals surface area contributed by atoms with Crippen LogP contribution in [-0.2, 0) is 4.79 Å². The second-order valence-electron chi connectivity index (χ2n) is 5.39. The summed E-state index contributed by atoms with van der Waals surface area (Å²) in [7, 11) is 0. The molecular formula is C15H17N7OS. The molecule has 9 heteroatoms. The Bertz CT molecular complexity index is 787. The summed E-state index contributed by atoms with van der Waals surface area (Å²) in [5.74, 6) is -0.0880. The van der Waals surface area contributed by atoms with Gasteiger partial charge in [-0.2, -0.15) is 0 Å². The number of thiazole rings is 1. The predicted molar refractivity (Wildman–Crippen MR) is 90.3 cm³/mol. The summed E-state index contributed by atoms with van der Waals surface area (Å²) in [4.78, 5) is 21.2. The molecule has 0 saturated carbocycles. The Balaban J connectivity index is 1.77. The van der Waals surface area contributed by atoms with Crippen molar-refractivity contribution in [2.75, 3.05) is 5.32 Å². The Morgan fingerprint density at radius 1 is 1.46 bits per heavy atom. The number of tetrazole rings is 1. The van der Waals surface area contributed by atoms with Gasteiger partial charge in [-0.3, -0.25) is 9.78 Å². The molecule has 0 saturated heterocycles. The number of hydrogen-bond donors (Lipinski definition) is 1. The van der Waals surface area contributed by atoms with Crippen molar-refractivity contribution in [3.63, 3.8) is 0 Å². The first-order valence-electron chi connectivity index (χ1n) is 7.58. The molecule has 2 atom stereocenters. The van der Waals surface area contributed by atoms with Crippen molar-refractivity contribution in [1.29, 1.82) is 0 Å². The number of nitrogens with one attached hydrogen (secondary N) is 1. The quantitative estimate of drug-likeness (QED) is 0.738. The van der Waals surface area contributed by atoms with E-state index >= 15 is 0 Å². The third kappa shape index (κ3) is 3.46. The van der Waals surface area contributed by atoms with Gasteiger partial charge in [-0.25, -0.2) is 9.67 Å². The molecule has 3 aromatic heterocycles. The minimum atomic E-state index is -0.476. The largest absolute Gasteiger partial charge is 0.300 e. The monoisotopic (exact) mass is 343 g/mol. The number of nitrogens with zero attached hydrogens (tertiary/aromatic N) is 6. The normalized spacial score (nSPS) is 13.4. The van der Waals surface area contributed by atoms with E-state index in [9.17, 15) is 4.79 Å². The Hall–Kier alpha value is -2.68. The van der Waals surface area contributed by atoms with E-state index in [1.807, 2.05) is 31.4 Å². The highest BCUT2D eigenvalue weighted by atomic mass is 32.1. The molecule has 0 aliphatic heterocycles. The zero-order valence-electron chi connectivity index (χ0n) is 13.3. The van der Waals surface area contributed by atoms with Crippen LogP contribution in [0.3, 0.4) is 0 Å². The second kappa shape index (κ2) is 7.26. The van der Waals surface area contributed by atoms with E-state index in [-0.39, 0.29) is 11.8 Å². The van der Waals surface area contributed by atoms with Gasteiger partial charge in [-0.1, -0.05) is 20.3 Å². The van der Waals surface area contributed by atoms with Gasteiger partial charge in [0.1, 0.15) is 12.4 Å². The van der Waals surface area contributed by atoms with Gasteiger partial charge in [0.15, 0.2) is 5.13 Å². The van der Waals surface area contributed by atoms with Gasteiger partial charge >= 0.3 is 0 Å². The standard InChI is InChI=1S/C15H17N7OS/c1-3-10(2)13(22-9-17-20-21-22)14(23)19-15-18-12(8-24-15)11-5-4-6-16-7-11/h4-10,13H,3H2,1-2H3,(H,18,19,23). The van der Waals surface area contributed by atoms with Crippen molar-refractivity contribution in [2.24, 2.45) is 5.92 Å². The van der Waals surface area contributed by atoms with Crippen LogP contribution in [-0.4, -0.2) is 36.1 Å². The van der Waals surface area contributed by atoms with E-state index in [4.69, 9.17) is 0 Å². The number of rotatable bonds is 6. The molecule has 0 spiro atoms. The summed E-state index contributed by atoms with van der Waals surface area (Å²) in [6, 6.07) is 3.30. The lowest BCUT2D eigenvalue weighted by Gasteiger charge is -2.20. The van der Waals surface area contributed by atoms with Gasteiger partial charge in [0.2, 0.25) is 0 Å². The molecular weight excluding hydrogens is 326 g/mol. The number of pyridine rings is 1. The van der Waals surface area contributed by atoms with Crippen LogP contribution >= 0.6 is 11.3 Å². The number of aromatic nitrogens is 6. The van der Waals surface area contributed by atoms with Gasteiger partial charge < -0.3 is 5.32 Å². The van der Waals surface area contributed by atoms with Crippen LogP contribution in [0.2, 0.25) is 0 Å². The number of amides is 1. The molecule has 3 aromatic rings. The Morgan fingerprint density at radius 2 is 2.33 bits per heavy atom. The molecule has 1 amide bonds. The molecule has 124 valence electrons. The van der Waals surface area contributed by atoms with Crippen molar-refractivity contribution < 1.29 is 4.79 Å². The van der Waals surface area contributed by atoms with Crippen molar-refractivity contribution in [1.82, 2.24) is 30.2 Å². The fraction of sp³-hybridized carbons (Fsp3) is 0.333. The van der Waals surface area contributed by atoms with Crippen molar-refractivity contribution >= 4 is 22.4 Å². The van der Waals surface area contributed by atoms with Gasteiger partial charge in [-0.15, -0.1) is 16.4 Å².